The number of nitrogens with one attached hydrogen (secondary N) is 1. The molecule has 0 radical (unpaired) electrons. The molecule has 1 N–H and O–H groups in total. The maximum Gasteiger partial charge on any atom is 0.256 e. The van der Waals surface area contributed by atoms with Crippen LogP contribution in [-0.4, -0.2) is 29.9 Å². The molecule has 1 heterocycles. The van der Waals surface area contributed by atoms with Crippen LogP contribution in [0.25, 0.3) is 0 Å². The standard InChI is InChI=1S/C16H24N2O/c1-4-17-14-9-6-5-8-13(14)16(19)18-11-7-10-15(18)12(2)3/h5-6,8-9,12,15,17H,4,7,10-11H2,1-3H3. The number of amides is 1. The number of likely N-dealkylation sites (tertiary alicyclic amines) is 1. The first kappa shape index (κ1) is 13.9. The van der Waals surface area contributed by atoms with Crippen molar-refractivity contribution in [2.24, 2.45) is 5.92 Å². The second-order valence-corrected chi connectivity index (χ2v) is 5.53. The molecule has 19 heavy (non-hydrogen) atoms. The molecule has 0 aromatic heterocycles. The van der Waals surface area contributed by atoms with E-state index in [1.807, 2.05) is 31.2 Å². The number of para-hydroxylation sites is 1. The molecule has 104 valence electrons. The van der Waals surface area contributed by atoms with Crippen molar-refractivity contribution >= 4 is 11.6 Å². The second kappa shape index (κ2) is 6.09. The lowest BCUT2D eigenvalue weighted by molar-refractivity contribution is 0.0702. The first-order valence-corrected chi connectivity index (χ1v) is 7.29. The zero-order chi connectivity index (χ0) is 13.8. The number of hydrogen-bond donors (Lipinski definition) is 1. The van der Waals surface area contributed by atoms with Gasteiger partial charge in [-0.3, -0.25) is 4.79 Å². The molecule has 1 aromatic rings. The number of anilines is 1. The summed E-state index contributed by atoms with van der Waals surface area (Å²) < 4.78 is 0. The Kier molecular flexibility index (Phi) is 4.46. The van der Waals surface area contributed by atoms with Crippen LogP contribution < -0.4 is 5.32 Å². The quantitative estimate of drug-likeness (QED) is 0.900. The molecule has 1 atom stereocenters. The average molecular weight is 260 g/mol. The second-order valence-electron chi connectivity index (χ2n) is 5.53. The van der Waals surface area contributed by atoms with E-state index in [9.17, 15) is 4.79 Å². The summed E-state index contributed by atoms with van der Waals surface area (Å²) in [7, 11) is 0. The van der Waals surface area contributed by atoms with Crippen molar-refractivity contribution in [3.05, 3.63) is 29.8 Å². The van der Waals surface area contributed by atoms with Gasteiger partial charge in [-0.25, -0.2) is 0 Å². The Morgan fingerprint density at radius 1 is 1.42 bits per heavy atom. The van der Waals surface area contributed by atoms with E-state index < -0.39 is 0 Å². The molecule has 1 amide bonds. The van der Waals surface area contributed by atoms with Crippen molar-refractivity contribution in [2.75, 3.05) is 18.4 Å². The smallest absolute Gasteiger partial charge is 0.256 e. The highest BCUT2D eigenvalue weighted by atomic mass is 16.2. The van der Waals surface area contributed by atoms with Crippen molar-refractivity contribution in [1.82, 2.24) is 4.90 Å². The van der Waals surface area contributed by atoms with E-state index >= 15 is 0 Å². The first-order valence-electron chi connectivity index (χ1n) is 7.29. The van der Waals surface area contributed by atoms with Gasteiger partial charge in [-0.1, -0.05) is 26.0 Å². The van der Waals surface area contributed by atoms with Gasteiger partial charge in [-0.15, -0.1) is 0 Å². The van der Waals surface area contributed by atoms with Crippen LogP contribution in [0.3, 0.4) is 0 Å². The van der Waals surface area contributed by atoms with Gasteiger partial charge in [0.05, 0.1) is 5.56 Å². The molecular weight excluding hydrogens is 236 g/mol. The van der Waals surface area contributed by atoms with E-state index in [1.165, 1.54) is 0 Å². The third-order valence-electron chi connectivity index (χ3n) is 3.85. The highest BCUT2D eigenvalue weighted by Gasteiger charge is 2.32. The van der Waals surface area contributed by atoms with Gasteiger partial charge in [0.25, 0.3) is 5.91 Å². The zero-order valence-corrected chi connectivity index (χ0v) is 12.1. The molecule has 1 aromatic carbocycles. The highest BCUT2D eigenvalue weighted by Crippen LogP contribution is 2.27. The molecule has 0 saturated carbocycles. The fourth-order valence-corrected chi connectivity index (χ4v) is 2.91. The van der Waals surface area contributed by atoms with E-state index in [-0.39, 0.29) is 5.91 Å². The van der Waals surface area contributed by atoms with Crippen molar-refractivity contribution in [3.63, 3.8) is 0 Å². The van der Waals surface area contributed by atoms with Crippen LogP contribution in [0.1, 0.15) is 44.0 Å². The molecule has 3 nitrogen and oxygen atoms in total. The van der Waals surface area contributed by atoms with Gasteiger partial charge in [-0.2, -0.15) is 0 Å². The number of benzene rings is 1. The SMILES string of the molecule is CCNc1ccccc1C(=O)N1CCCC1C(C)C. The summed E-state index contributed by atoms with van der Waals surface area (Å²) in [6.07, 6.45) is 2.25. The number of carbonyl (C=O) groups excluding carboxylic acids is 1. The lowest BCUT2D eigenvalue weighted by Gasteiger charge is -2.28. The predicted molar refractivity (Wildman–Crippen MR) is 79.5 cm³/mol. The summed E-state index contributed by atoms with van der Waals surface area (Å²) in [5.74, 6) is 0.700. The molecule has 1 aliphatic rings. The van der Waals surface area contributed by atoms with Gasteiger partial charge in [0, 0.05) is 24.8 Å². The molecule has 1 fully saturated rings. The van der Waals surface area contributed by atoms with Crippen LogP contribution in [0.4, 0.5) is 5.69 Å². The summed E-state index contributed by atoms with van der Waals surface area (Å²) in [6, 6.07) is 8.21. The Hall–Kier alpha value is -1.51. The monoisotopic (exact) mass is 260 g/mol. The molecule has 0 bridgehead atoms. The van der Waals surface area contributed by atoms with Gasteiger partial charge in [-0.05, 0) is 37.8 Å². The number of nitrogens with zero attached hydrogens (tertiary/aromatic N) is 1. The lowest BCUT2D eigenvalue weighted by Crippen LogP contribution is -2.38. The fraction of sp³-hybridized carbons (Fsp3) is 0.562. The molecule has 1 aliphatic heterocycles. The van der Waals surface area contributed by atoms with Gasteiger partial charge in [0.2, 0.25) is 0 Å². The Morgan fingerprint density at radius 3 is 2.84 bits per heavy atom. The summed E-state index contributed by atoms with van der Waals surface area (Å²) in [5, 5.41) is 3.28. The highest BCUT2D eigenvalue weighted by molar-refractivity contribution is 5.99. The molecular formula is C16H24N2O. The normalized spacial score (nSPS) is 18.9. The Balaban J connectivity index is 2.24. The minimum atomic E-state index is 0.174. The number of carbonyl (C=O) groups is 1. The molecule has 1 saturated heterocycles. The van der Waals surface area contributed by atoms with Crippen LogP contribution in [0.15, 0.2) is 24.3 Å². The summed E-state index contributed by atoms with van der Waals surface area (Å²) in [6.45, 7) is 8.17. The minimum Gasteiger partial charge on any atom is -0.385 e. The van der Waals surface area contributed by atoms with Gasteiger partial charge >= 0.3 is 0 Å². The minimum absolute atomic E-state index is 0.174. The Bertz CT molecular complexity index is 442. The zero-order valence-electron chi connectivity index (χ0n) is 12.1. The van der Waals surface area contributed by atoms with E-state index in [4.69, 9.17) is 0 Å². The molecule has 0 aliphatic carbocycles. The third-order valence-corrected chi connectivity index (χ3v) is 3.85. The van der Waals surface area contributed by atoms with Crippen LogP contribution in [0.2, 0.25) is 0 Å². The topological polar surface area (TPSA) is 32.3 Å². The van der Waals surface area contributed by atoms with Crippen LogP contribution in [-0.2, 0) is 0 Å². The van der Waals surface area contributed by atoms with Gasteiger partial charge in [0.15, 0.2) is 0 Å². The van der Waals surface area contributed by atoms with E-state index in [0.29, 0.717) is 12.0 Å². The average Bonchev–Trinajstić information content (AvgIpc) is 2.88. The molecule has 3 heteroatoms. The maximum absolute atomic E-state index is 12.7. The van der Waals surface area contributed by atoms with Crippen molar-refractivity contribution in [3.8, 4) is 0 Å². The van der Waals surface area contributed by atoms with Crippen LogP contribution >= 0.6 is 0 Å². The van der Waals surface area contributed by atoms with Crippen LogP contribution in [0, 0.1) is 5.92 Å². The molecule has 2 rings (SSSR count). The summed E-state index contributed by atoms with van der Waals surface area (Å²) in [5.41, 5.74) is 1.75. The first-order chi connectivity index (χ1) is 9.15. The summed E-state index contributed by atoms with van der Waals surface area (Å²) >= 11 is 0. The number of hydrogen-bond acceptors (Lipinski definition) is 2. The lowest BCUT2D eigenvalue weighted by atomic mass is 10.0. The Morgan fingerprint density at radius 2 is 2.16 bits per heavy atom. The molecule has 1 unspecified atom stereocenters. The van der Waals surface area contributed by atoms with Gasteiger partial charge in [0.1, 0.15) is 0 Å². The van der Waals surface area contributed by atoms with Crippen molar-refractivity contribution in [2.45, 2.75) is 39.7 Å². The number of rotatable bonds is 4. The van der Waals surface area contributed by atoms with Gasteiger partial charge < -0.3 is 10.2 Å². The fourth-order valence-electron chi connectivity index (χ4n) is 2.91. The third kappa shape index (κ3) is 2.91. The van der Waals surface area contributed by atoms with E-state index in [1.54, 1.807) is 0 Å². The van der Waals surface area contributed by atoms with Crippen LogP contribution in [0.5, 0.6) is 0 Å². The van der Waals surface area contributed by atoms with E-state index in [0.717, 1.165) is 37.2 Å². The largest absolute Gasteiger partial charge is 0.385 e. The summed E-state index contributed by atoms with van der Waals surface area (Å²) in [4.78, 5) is 14.8. The Labute approximate surface area is 116 Å². The van der Waals surface area contributed by atoms with Crippen molar-refractivity contribution in [1.29, 1.82) is 0 Å². The maximum atomic E-state index is 12.7. The predicted octanol–water partition coefficient (Wildman–Crippen LogP) is 3.38. The van der Waals surface area contributed by atoms with Crippen molar-refractivity contribution < 1.29 is 4.79 Å². The van der Waals surface area contributed by atoms with E-state index in [2.05, 4.69) is 24.1 Å². The molecule has 0 spiro atoms.